The average molecular weight is 340 g/mol. The minimum atomic E-state index is -0.648. The second kappa shape index (κ2) is 6.84. The predicted octanol–water partition coefficient (Wildman–Crippen LogP) is 1.69. The van der Waals surface area contributed by atoms with Gasteiger partial charge in [0.15, 0.2) is 11.5 Å². The zero-order valence-corrected chi connectivity index (χ0v) is 14.2. The molecular weight excluding hydrogens is 320 g/mol. The molecule has 0 aliphatic carbocycles. The number of hydrogen-bond donors (Lipinski definition) is 1. The molecular formula is C19H20N2O4. The van der Waals surface area contributed by atoms with Crippen molar-refractivity contribution in [2.45, 2.75) is 18.9 Å². The highest BCUT2D eigenvalue weighted by Gasteiger charge is 2.36. The Morgan fingerprint density at radius 1 is 1.12 bits per heavy atom. The smallest absolute Gasteiger partial charge is 0.240 e. The topological polar surface area (TPSA) is 81.9 Å². The Balaban J connectivity index is 1.88. The lowest BCUT2D eigenvalue weighted by Crippen LogP contribution is -2.46. The second-order valence-corrected chi connectivity index (χ2v) is 5.88. The van der Waals surface area contributed by atoms with Crippen molar-refractivity contribution >= 4 is 17.5 Å². The molecule has 2 aromatic rings. The van der Waals surface area contributed by atoms with Crippen LogP contribution in [0.1, 0.15) is 11.1 Å². The summed E-state index contributed by atoms with van der Waals surface area (Å²) in [7, 11) is 3.10. The number of ether oxygens (including phenoxy) is 2. The van der Waals surface area contributed by atoms with Crippen molar-refractivity contribution in [3.8, 4) is 11.5 Å². The van der Waals surface area contributed by atoms with Crippen molar-refractivity contribution in [2.24, 2.45) is 5.73 Å². The van der Waals surface area contributed by atoms with Gasteiger partial charge >= 0.3 is 0 Å². The number of carbonyl (C=O) groups is 2. The Kier molecular flexibility index (Phi) is 4.61. The van der Waals surface area contributed by atoms with E-state index in [4.69, 9.17) is 15.2 Å². The fraction of sp³-hybridized carbons (Fsp3) is 0.263. The first-order chi connectivity index (χ1) is 12.0. The van der Waals surface area contributed by atoms with Gasteiger partial charge in [-0.3, -0.25) is 14.5 Å². The quantitative estimate of drug-likeness (QED) is 0.898. The molecule has 1 aliphatic heterocycles. The summed E-state index contributed by atoms with van der Waals surface area (Å²) in [6.45, 7) is 0. The molecule has 1 aliphatic rings. The number of benzene rings is 2. The number of nitrogens with zero attached hydrogens (tertiary/aromatic N) is 1. The third kappa shape index (κ3) is 3.15. The molecule has 0 unspecified atom stereocenters. The first-order valence-corrected chi connectivity index (χ1v) is 7.95. The highest BCUT2D eigenvalue weighted by molar-refractivity contribution is 6.03. The van der Waals surface area contributed by atoms with Crippen LogP contribution in [0.5, 0.6) is 11.5 Å². The lowest BCUT2D eigenvalue weighted by atomic mass is 10.1. The van der Waals surface area contributed by atoms with Crippen LogP contribution >= 0.6 is 0 Å². The highest BCUT2D eigenvalue weighted by Crippen LogP contribution is 2.33. The largest absolute Gasteiger partial charge is 0.493 e. The first kappa shape index (κ1) is 16.8. The van der Waals surface area contributed by atoms with Crippen LogP contribution in [0.15, 0.2) is 42.5 Å². The highest BCUT2D eigenvalue weighted by atomic mass is 16.5. The van der Waals surface area contributed by atoms with Gasteiger partial charge in [-0.1, -0.05) is 24.3 Å². The van der Waals surface area contributed by atoms with E-state index >= 15 is 0 Å². The molecule has 2 aromatic carbocycles. The monoisotopic (exact) mass is 340 g/mol. The predicted molar refractivity (Wildman–Crippen MR) is 93.9 cm³/mol. The lowest BCUT2D eigenvalue weighted by molar-refractivity contribution is -0.124. The minimum Gasteiger partial charge on any atom is -0.493 e. The number of methoxy groups -OCH3 is 2. The molecule has 6 heteroatoms. The zero-order chi connectivity index (χ0) is 18.0. The molecule has 25 heavy (non-hydrogen) atoms. The number of rotatable bonds is 5. The van der Waals surface area contributed by atoms with Crippen molar-refractivity contribution in [1.29, 1.82) is 0 Å². The molecule has 0 spiro atoms. The Labute approximate surface area is 146 Å². The number of hydrogen-bond acceptors (Lipinski definition) is 4. The molecule has 0 aromatic heterocycles. The Morgan fingerprint density at radius 2 is 1.84 bits per heavy atom. The maximum absolute atomic E-state index is 12.9. The van der Waals surface area contributed by atoms with Crippen LogP contribution < -0.4 is 20.1 Å². The summed E-state index contributed by atoms with van der Waals surface area (Å²) < 4.78 is 10.5. The van der Waals surface area contributed by atoms with Crippen molar-refractivity contribution < 1.29 is 19.1 Å². The molecule has 0 bridgehead atoms. The molecule has 0 fully saturated rings. The molecule has 0 radical (unpaired) electrons. The summed E-state index contributed by atoms with van der Waals surface area (Å²) in [6.07, 6.45) is 0.585. The van der Waals surface area contributed by atoms with Crippen molar-refractivity contribution in [1.82, 2.24) is 0 Å². The molecule has 2 amide bonds. The van der Waals surface area contributed by atoms with Crippen LogP contribution in [0.25, 0.3) is 0 Å². The summed E-state index contributed by atoms with van der Waals surface area (Å²) >= 11 is 0. The van der Waals surface area contributed by atoms with E-state index < -0.39 is 11.9 Å². The molecule has 1 atom stereocenters. The van der Waals surface area contributed by atoms with Gasteiger partial charge in [-0.25, -0.2) is 0 Å². The number of carbonyl (C=O) groups excluding carboxylic acids is 2. The maximum Gasteiger partial charge on any atom is 0.240 e. The van der Waals surface area contributed by atoms with E-state index in [1.807, 2.05) is 24.3 Å². The average Bonchev–Trinajstić information content (AvgIpc) is 3.01. The molecule has 130 valence electrons. The van der Waals surface area contributed by atoms with E-state index in [0.717, 1.165) is 16.8 Å². The third-order valence-electron chi connectivity index (χ3n) is 4.38. The molecule has 0 saturated heterocycles. The van der Waals surface area contributed by atoms with E-state index in [0.29, 0.717) is 17.9 Å². The Morgan fingerprint density at radius 3 is 2.52 bits per heavy atom. The summed E-state index contributed by atoms with van der Waals surface area (Å²) in [5.74, 6) is 0.471. The van der Waals surface area contributed by atoms with Gasteiger partial charge in [0.05, 0.1) is 20.6 Å². The van der Waals surface area contributed by atoms with E-state index in [-0.39, 0.29) is 12.3 Å². The number of amides is 2. The fourth-order valence-corrected chi connectivity index (χ4v) is 3.17. The SMILES string of the molecule is COc1ccc(CC(=O)N2c3ccccc3C[C@@H]2C(N)=O)cc1OC. The number of nitrogens with two attached hydrogens (primary N) is 1. The number of primary amides is 1. The van der Waals surface area contributed by atoms with Gasteiger partial charge in [-0.2, -0.15) is 0 Å². The van der Waals surface area contributed by atoms with Gasteiger partial charge in [0.2, 0.25) is 11.8 Å². The summed E-state index contributed by atoms with van der Waals surface area (Å²) in [4.78, 5) is 26.2. The summed E-state index contributed by atoms with van der Waals surface area (Å²) in [6, 6.07) is 12.2. The Bertz CT molecular complexity index is 819. The molecule has 2 N–H and O–H groups in total. The van der Waals surface area contributed by atoms with Gasteiger partial charge in [-0.15, -0.1) is 0 Å². The fourth-order valence-electron chi connectivity index (χ4n) is 3.17. The van der Waals surface area contributed by atoms with Crippen LogP contribution in [-0.2, 0) is 22.4 Å². The van der Waals surface area contributed by atoms with Crippen molar-refractivity contribution in [2.75, 3.05) is 19.1 Å². The number of fused-ring (bicyclic) bond motifs is 1. The molecule has 1 heterocycles. The standard InChI is InChI=1S/C19H20N2O4/c1-24-16-8-7-12(9-17(16)25-2)10-18(22)21-14-6-4-3-5-13(14)11-15(21)19(20)23/h3-9,15H,10-11H2,1-2H3,(H2,20,23)/t15-/m1/s1. The minimum absolute atomic E-state index is 0.137. The van der Waals surface area contributed by atoms with Gasteiger partial charge < -0.3 is 15.2 Å². The Hall–Kier alpha value is -3.02. The van der Waals surface area contributed by atoms with Gasteiger partial charge in [0.25, 0.3) is 0 Å². The zero-order valence-electron chi connectivity index (χ0n) is 14.2. The van der Waals surface area contributed by atoms with E-state index in [2.05, 4.69) is 0 Å². The lowest BCUT2D eigenvalue weighted by Gasteiger charge is -2.23. The second-order valence-electron chi connectivity index (χ2n) is 5.88. The third-order valence-corrected chi connectivity index (χ3v) is 4.38. The summed E-state index contributed by atoms with van der Waals surface area (Å²) in [5.41, 5.74) is 7.98. The molecule has 0 saturated carbocycles. The first-order valence-electron chi connectivity index (χ1n) is 7.95. The van der Waals surface area contributed by atoms with Gasteiger partial charge in [0, 0.05) is 12.1 Å². The molecule has 3 rings (SSSR count). The van der Waals surface area contributed by atoms with Crippen LogP contribution in [-0.4, -0.2) is 32.1 Å². The van der Waals surface area contributed by atoms with Crippen LogP contribution in [0.3, 0.4) is 0 Å². The summed E-state index contributed by atoms with van der Waals surface area (Å²) in [5, 5.41) is 0. The van der Waals surface area contributed by atoms with E-state index in [1.54, 1.807) is 32.4 Å². The molecule has 6 nitrogen and oxygen atoms in total. The number of anilines is 1. The van der Waals surface area contributed by atoms with Crippen LogP contribution in [0, 0.1) is 0 Å². The number of para-hydroxylation sites is 1. The van der Waals surface area contributed by atoms with Gasteiger partial charge in [-0.05, 0) is 29.3 Å². The normalized spacial score (nSPS) is 15.6. The van der Waals surface area contributed by atoms with Crippen molar-refractivity contribution in [3.05, 3.63) is 53.6 Å². The maximum atomic E-state index is 12.9. The van der Waals surface area contributed by atoms with E-state index in [9.17, 15) is 9.59 Å². The van der Waals surface area contributed by atoms with E-state index in [1.165, 1.54) is 4.90 Å². The van der Waals surface area contributed by atoms with Crippen LogP contribution in [0.2, 0.25) is 0 Å². The van der Waals surface area contributed by atoms with Crippen molar-refractivity contribution in [3.63, 3.8) is 0 Å². The van der Waals surface area contributed by atoms with Gasteiger partial charge in [0.1, 0.15) is 6.04 Å². The van der Waals surface area contributed by atoms with Crippen LogP contribution in [0.4, 0.5) is 5.69 Å².